The van der Waals surface area contributed by atoms with Gasteiger partial charge >= 0.3 is 0 Å². The van der Waals surface area contributed by atoms with Gasteiger partial charge in [0, 0.05) is 24.2 Å². The predicted molar refractivity (Wildman–Crippen MR) is 87.4 cm³/mol. The highest BCUT2D eigenvalue weighted by Crippen LogP contribution is 2.36. The SMILES string of the molecule is CCNc1cc(NC2CC2CC)nc(-c2ccccc2)n1. The number of hydrogen-bond acceptors (Lipinski definition) is 4. The fraction of sp³-hybridized carbons (Fsp3) is 0.412. The van der Waals surface area contributed by atoms with Crippen LogP contribution < -0.4 is 10.6 Å². The highest BCUT2D eigenvalue weighted by molar-refractivity contribution is 5.61. The minimum atomic E-state index is 0.572. The zero-order valence-corrected chi connectivity index (χ0v) is 12.6. The summed E-state index contributed by atoms with van der Waals surface area (Å²) in [5.74, 6) is 3.36. The van der Waals surface area contributed by atoms with E-state index in [1.807, 2.05) is 36.4 Å². The lowest BCUT2D eigenvalue weighted by Gasteiger charge is -2.10. The van der Waals surface area contributed by atoms with Crippen molar-refractivity contribution < 1.29 is 0 Å². The van der Waals surface area contributed by atoms with E-state index in [9.17, 15) is 0 Å². The molecule has 0 bridgehead atoms. The van der Waals surface area contributed by atoms with Gasteiger partial charge in [-0.1, -0.05) is 43.7 Å². The Labute approximate surface area is 126 Å². The number of aromatic nitrogens is 2. The van der Waals surface area contributed by atoms with E-state index in [1.165, 1.54) is 12.8 Å². The molecule has 1 saturated carbocycles. The first kappa shape index (κ1) is 13.9. The molecule has 2 unspecified atom stereocenters. The first-order valence-electron chi connectivity index (χ1n) is 7.75. The van der Waals surface area contributed by atoms with Gasteiger partial charge in [-0.2, -0.15) is 0 Å². The Kier molecular flexibility index (Phi) is 4.04. The Morgan fingerprint density at radius 1 is 1.10 bits per heavy atom. The van der Waals surface area contributed by atoms with E-state index in [0.717, 1.165) is 35.5 Å². The van der Waals surface area contributed by atoms with Crippen molar-refractivity contribution in [1.82, 2.24) is 9.97 Å². The van der Waals surface area contributed by atoms with E-state index < -0.39 is 0 Å². The Morgan fingerprint density at radius 3 is 2.52 bits per heavy atom. The van der Waals surface area contributed by atoms with Gasteiger partial charge in [0.15, 0.2) is 5.82 Å². The maximum atomic E-state index is 4.67. The molecule has 21 heavy (non-hydrogen) atoms. The molecule has 0 aliphatic heterocycles. The summed E-state index contributed by atoms with van der Waals surface area (Å²) in [6.07, 6.45) is 2.48. The van der Waals surface area contributed by atoms with Gasteiger partial charge in [0.2, 0.25) is 0 Å². The van der Waals surface area contributed by atoms with Crippen molar-refractivity contribution in [3.8, 4) is 11.4 Å². The normalized spacial score (nSPS) is 20.1. The molecule has 1 aliphatic rings. The fourth-order valence-corrected chi connectivity index (χ4v) is 2.57. The van der Waals surface area contributed by atoms with Crippen LogP contribution in [0.3, 0.4) is 0 Å². The molecule has 3 rings (SSSR count). The minimum absolute atomic E-state index is 0.572. The number of nitrogens with one attached hydrogen (secondary N) is 2. The molecule has 2 aromatic rings. The van der Waals surface area contributed by atoms with Crippen LogP contribution in [0.4, 0.5) is 11.6 Å². The Morgan fingerprint density at radius 2 is 1.86 bits per heavy atom. The van der Waals surface area contributed by atoms with Crippen LogP contribution in [0.5, 0.6) is 0 Å². The summed E-state index contributed by atoms with van der Waals surface area (Å²) in [7, 11) is 0. The van der Waals surface area contributed by atoms with Crippen molar-refractivity contribution in [2.24, 2.45) is 5.92 Å². The number of anilines is 2. The van der Waals surface area contributed by atoms with Crippen LogP contribution in [0.25, 0.3) is 11.4 Å². The third kappa shape index (κ3) is 3.32. The highest BCUT2D eigenvalue weighted by atomic mass is 15.1. The lowest BCUT2D eigenvalue weighted by atomic mass is 10.2. The van der Waals surface area contributed by atoms with Crippen LogP contribution in [0.2, 0.25) is 0 Å². The van der Waals surface area contributed by atoms with Crippen molar-refractivity contribution >= 4 is 11.6 Å². The monoisotopic (exact) mass is 282 g/mol. The zero-order valence-electron chi connectivity index (χ0n) is 12.6. The molecule has 1 heterocycles. The number of rotatable bonds is 6. The second-order valence-electron chi connectivity index (χ2n) is 5.51. The molecule has 1 fully saturated rings. The van der Waals surface area contributed by atoms with Crippen LogP contribution in [0.1, 0.15) is 26.7 Å². The smallest absolute Gasteiger partial charge is 0.163 e. The topological polar surface area (TPSA) is 49.8 Å². The first-order chi connectivity index (χ1) is 10.3. The van der Waals surface area contributed by atoms with Crippen molar-refractivity contribution in [3.05, 3.63) is 36.4 Å². The lowest BCUT2D eigenvalue weighted by Crippen LogP contribution is -2.09. The molecule has 110 valence electrons. The molecule has 2 N–H and O–H groups in total. The summed E-state index contributed by atoms with van der Waals surface area (Å²) in [6, 6.07) is 12.7. The van der Waals surface area contributed by atoms with Crippen molar-refractivity contribution in [2.45, 2.75) is 32.7 Å². The quantitative estimate of drug-likeness (QED) is 0.846. The summed E-state index contributed by atoms with van der Waals surface area (Å²) >= 11 is 0. The van der Waals surface area contributed by atoms with Crippen LogP contribution in [0, 0.1) is 5.92 Å². The molecular weight excluding hydrogens is 260 g/mol. The van der Waals surface area contributed by atoms with Crippen LogP contribution in [-0.2, 0) is 0 Å². The first-order valence-corrected chi connectivity index (χ1v) is 7.75. The number of hydrogen-bond donors (Lipinski definition) is 2. The van der Waals surface area contributed by atoms with Crippen molar-refractivity contribution in [2.75, 3.05) is 17.2 Å². The van der Waals surface area contributed by atoms with Gasteiger partial charge in [-0.15, -0.1) is 0 Å². The highest BCUT2D eigenvalue weighted by Gasteiger charge is 2.35. The molecule has 0 radical (unpaired) electrons. The summed E-state index contributed by atoms with van der Waals surface area (Å²) in [6.45, 7) is 5.17. The average molecular weight is 282 g/mol. The zero-order chi connectivity index (χ0) is 14.7. The van der Waals surface area contributed by atoms with E-state index >= 15 is 0 Å². The standard InChI is InChI=1S/C17H22N4/c1-3-12-10-14(12)19-16-11-15(18-4-2)20-17(21-16)13-8-6-5-7-9-13/h5-9,11-12,14H,3-4,10H2,1-2H3,(H2,18,19,20,21). The summed E-state index contributed by atoms with van der Waals surface area (Å²) in [5.41, 5.74) is 1.04. The van der Waals surface area contributed by atoms with Gasteiger partial charge in [-0.05, 0) is 19.3 Å². The van der Waals surface area contributed by atoms with Gasteiger partial charge in [-0.3, -0.25) is 0 Å². The molecule has 1 aliphatic carbocycles. The minimum Gasteiger partial charge on any atom is -0.370 e. The van der Waals surface area contributed by atoms with Gasteiger partial charge in [0.25, 0.3) is 0 Å². The molecule has 2 atom stereocenters. The van der Waals surface area contributed by atoms with Gasteiger partial charge in [0.05, 0.1) is 0 Å². The van der Waals surface area contributed by atoms with Crippen LogP contribution in [-0.4, -0.2) is 22.6 Å². The van der Waals surface area contributed by atoms with Crippen molar-refractivity contribution in [3.63, 3.8) is 0 Å². The molecule has 1 aromatic heterocycles. The van der Waals surface area contributed by atoms with Gasteiger partial charge in [-0.25, -0.2) is 9.97 Å². The lowest BCUT2D eigenvalue weighted by molar-refractivity contribution is 0.773. The molecule has 1 aromatic carbocycles. The van der Waals surface area contributed by atoms with E-state index in [4.69, 9.17) is 0 Å². The largest absolute Gasteiger partial charge is 0.370 e. The third-order valence-corrected chi connectivity index (χ3v) is 3.90. The second-order valence-corrected chi connectivity index (χ2v) is 5.51. The summed E-state index contributed by atoms with van der Waals surface area (Å²) in [5, 5.41) is 6.82. The predicted octanol–water partition coefficient (Wildman–Crippen LogP) is 3.79. The van der Waals surface area contributed by atoms with Gasteiger partial charge in [0.1, 0.15) is 11.6 Å². The van der Waals surface area contributed by atoms with Crippen molar-refractivity contribution in [1.29, 1.82) is 0 Å². The maximum absolute atomic E-state index is 4.67. The Hall–Kier alpha value is -2.10. The molecular formula is C17H22N4. The summed E-state index contributed by atoms with van der Waals surface area (Å²) < 4.78 is 0. The van der Waals surface area contributed by atoms with E-state index in [0.29, 0.717) is 6.04 Å². The van der Waals surface area contributed by atoms with Gasteiger partial charge < -0.3 is 10.6 Å². The fourth-order valence-electron chi connectivity index (χ4n) is 2.57. The maximum Gasteiger partial charge on any atom is 0.163 e. The average Bonchev–Trinajstić information content (AvgIpc) is 3.26. The Bertz CT molecular complexity index is 597. The molecule has 4 heteroatoms. The third-order valence-electron chi connectivity index (χ3n) is 3.90. The second kappa shape index (κ2) is 6.12. The van der Waals surface area contributed by atoms with Crippen LogP contribution >= 0.6 is 0 Å². The van der Waals surface area contributed by atoms with E-state index in [2.05, 4.69) is 34.4 Å². The number of benzene rings is 1. The Balaban J connectivity index is 1.87. The molecule has 0 amide bonds. The van der Waals surface area contributed by atoms with Crippen LogP contribution in [0.15, 0.2) is 36.4 Å². The van der Waals surface area contributed by atoms with E-state index in [1.54, 1.807) is 0 Å². The molecule has 4 nitrogen and oxygen atoms in total. The molecule has 0 saturated heterocycles. The molecule has 0 spiro atoms. The van der Waals surface area contributed by atoms with E-state index in [-0.39, 0.29) is 0 Å². The summed E-state index contributed by atoms with van der Waals surface area (Å²) in [4.78, 5) is 9.27. The number of nitrogens with zero attached hydrogens (tertiary/aromatic N) is 2.